The van der Waals surface area contributed by atoms with Crippen molar-refractivity contribution in [2.45, 2.75) is 12.8 Å². The lowest BCUT2D eigenvalue weighted by molar-refractivity contribution is 0.0969. The molecule has 86 valence electrons. The fourth-order valence-corrected chi connectivity index (χ4v) is 1.65. The van der Waals surface area contributed by atoms with Crippen molar-refractivity contribution in [1.82, 2.24) is 4.57 Å². The van der Waals surface area contributed by atoms with Crippen LogP contribution in [0, 0.1) is 0 Å². The van der Waals surface area contributed by atoms with Crippen LogP contribution >= 0.6 is 0 Å². The number of aryl methyl sites for hydroxylation is 1. The van der Waals surface area contributed by atoms with Crippen LogP contribution in [0.2, 0.25) is 0 Å². The van der Waals surface area contributed by atoms with Gasteiger partial charge in [0.1, 0.15) is 0 Å². The zero-order chi connectivity index (χ0) is 11.9. The Hall–Kier alpha value is -2.09. The fourth-order valence-electron chi connectivity index (χ4n) is 1.65. The third-order valence-corrected chi connectivity index (χ3v) is 2.56. The lowest BCUT2D eigenvalue weighted by Crippen LogP contribution is -2.03. The Morgan fingerprint density at radius 3 is 2.47 bits per heavy atom. The van der Waals surface area contributed by atoms with Gasteiger partial charge in [-0.1, -0.05) is 36.4 Å². The van der Waals surface area contributed by atoms with E-state index in [1.165, 1.54) is 5.56 Å². The van der Waals surface area contributed by atoms with Gasteiger partial charge in [0.25, 0.3) is 5.91 Å². The first-order valence-corrected chi connectivity index (χ1v) is 5.74. The highest BCUT2D eigenvalue weighted by molar-refractivity contribution is 5.89. The van der Waals surface area contributed by atoms with Crippen molar-refractivity contribution in [2.75, 3.05) is 0 Å². The number of aromatic nitrogens is 1. The molecule has 0 amide bonds. The predicted octanol–water partition coefficient (Wildman–Crippen LogP) is 3.32. The van der Waals surface area contributed by atoms with Crippen molar-refractivity contribution in [3.8, 4) is 0 Å². The molecule has 0 radical (unpaired) electrons. The number of carbonyl (C=O) groups is 1. The SMILES string of the molecule is O=C(/C=C/CCc1ccccc1)n1cccc1. The molecule has 1 heterocycles. The first-order chi connectivity index (χ1) is 8.36. The molecule has 0 N–H and O–H groups in total. The first kappa shape index (κ1) is 11.4. The van der Waals surface area contributed by atoms with E-state index in [-0.39, 0.29) is 5.91 Å². The van der Waals surface area contributed by atoms with Gasteiger partial charge in [0.05, 0.1) is 0 Å². The molecule has 0 aliphatic rings. The highest BCUT2D eigenvalue weighted by Gasteiger charge is 1.96. The maximum absolute atomic E-state index is 11.6. The van der Waals surface area contributed by atoms with Crippen molar-refractivity contribution in [2.24, 2.45) is 0 Å². The van der Waals surface area contributed by atoms with E-state index >= 15 is 0 Å². The third kappa shape index (κ3) is 3.45. The minimum atomic E-state index is 0.00283. The van der Waals surface area contributed by atoms with Gasteiger partial charge < -0.3 is 0 Å². The minimum Gasteiger partial charge on any atom is -0.291 e. The van der Waals surface area contributed by atoms with Gasteiger partial charge in [-0.25, -0.2) is 0 Å². The molecule has 0 aliphatic carbocycles. The average Bonchev–Trinajstić information content (AvgIpc) is 2.89. The summed E-state index contributed by atoms with van der Waals surface area (Å²) in [7, 11) is 0. The van der Waals surface area contributed by atoms with Crippen molar-refractivity contribution >= 4 is 5.91 Å². The monoisotopic (exact) mass is 225 g/mol. The van der Waals surface area contributed by atoms with E-state index in [2.05, 4.69) is 12.1 Å². The highest BCUT2D eigenvalue weighted by Crippen LogP contribution is 2.03. The van der Waals surface area contributed by atoms with Crippen molar-refractivity contribution < 1.29 is 4.79 Å². The highest BCUT2D eigenvalue weighted by atomic mass is 16.1. The Balaban J connectivity index is 1.81. The summed E-state index contributed by atoms with van der Waals surface area (Å²) >= 11 is 0. The van der Waals surface area contributed by atoms with E-state index in [9.17, 15) is 4.79 Å². The van der Waals surface area contributed by atoms with Crippen LogP contribution in [0.25, 0.3) is 0 Å². The second-order valence-electron chi connectivity index (χ2n) is 3.86. The van der Waals surface area contributed by atoms with Crippen LogP contribution in [-0.2, 0) is 6.42 Å². The molecule has 0 aliphatic heterocycles. The van der Waals surface area contributed by atoms with Crippen LogP contribution in [0.1, 0.15) is 16.8 Å². The molecular formula is C15H15NO. The van der Waals surface area contributed by atoms with E-state index in [1.54, 1.807) is 23.0 Å². The summed E-state index contributed by atoms with van der Waals surface area (Å²) < 4.78 is 1.57. The molecular weight excluding hydrogens is 210 g/mol. The number of rotatable bonds is 4. The second-order valence-corrected chi connectivity index (χ2v) is 3.86. The predicted molar refractivity (Wildman–Crippen MR) is 69.0 cm³/mol. The second kappa shape index (κ2) is 5.85. The number of hydrogen-bond acceptors (Lipinski definition) is 1. The molecule has 0 unspecified atom stereocenters. The Bertz CT molecular complexity index is 483. The van der Waals surface area contributed by atoms with Gasteiger partial charge in [0, 0.05) is 12.4 Å². The Morgan fingerprint density at radius 2 is 1.76 bits per heavy atom. The molecule has 0 saturated heterocycles. The maximum atomic E-state index is 11.6. The van der Waals surface area contributed by atoms with Crippen LogP contribution in [0.4, 0.5) is 0 Å². The summed E-state index contributed by atoms with van der Waals surface area (Å²) in [5.74, 6) is 0.00283. The number of nitrogens with zero attached hydrogens (tertiary/aromatic N) is 1. The van der Waals surface area contributed by atoms with Gasteiger partial charge >= 0.3 is 0 Å². The smallest absolute Gasteiger partial charge is 0.254 e. The summed E-state index contributed by atoms with van der Waals surface area (Å²) in [5, 5.41) is 0. The van der Waals surface area contributed by atoms with Crippen LogP contribution in [0.15, 0.2) is 67.0 Å². The zero-order valence-electron chi connectivity index (χ0n) is 9.62. The van der Waals surface area contributed by atoms with Crippen LogP contribution < -0.4 is 0 Å². The molecule has 0 bridgehead atoms. The first-order valence-electron chi connectivity index (χ1n) is 5.74. The van der Waals surface area contributed by atoms with Gasteiger partial charge in [-0.05, 0) is 36.6 Å². The molecule has 1 aromatic carbocycles. The zero-order valence-corrected chi connectivity index (χ0v) is 9.62. The molecule has 0 atom stereocenters. The van der Waals surface area contributed by atoms with E-state index in [0.29, 0.717) is 0 Å². The molecule has 17 heavy (non-hydrogen) atoms. The lowest BCUT2D eigenvalue weighted by Gasteiger charge is -1.97. The fraction of sp³-hybridized carbons (Fsp3) is 0.133. The Labute approximate surface area is 101 Å². The Morgan fingerprint density at radius 1 is 1.06 bits per heavy atom. The third-order valence-electron chi connectivity index (χ3n) is 2.56. The van der Waals surface area contributed by atoms with E-state index in [0.717, 1.165) is 12.8 Å². The largest absolute Gasteiger partial charge is 0.291 e. The number of carbonyl (C=O) groups excluding carboxylic acids is 1. The van der Waals surface area contributed by atoms with Crippen molar-refractivity contribution in [3.05, 3.63) is 72.6 Å². The molecule has 0 fully saturated rings. The van der Waals surface area contributed by atoms with Gasteiger partial charge in [-0.15, -0.1) is 0 Å². The molecule has 2 aromatic rings. The molecule has 2 heteroatoms. The molecule has 0 spiro atoms. The van der Waals surface area contributed by atoms with Crippen molar-refractivity contribution in [3.63, 3.8) is 0 Å². The number of benzene rings is 1. The molecule has 2 rings (SSSR count). The quantitative estimate of drug-likeness (QED) is 0.732. The summed E-state index contributed by atoms with van der Waals surface area (Å²) in [4.78, 5) is 11.6. The maximum Gasteiger partial charge on any atom is 0.254 e. The van der Waals surface area contributed by atoms with Crippen LogP contribution in [-0.4, -0.2) is 10.5 Å². The average molecular weight is 225 g/mol. The summed E-state index contributed by atoms with van der Waals surface area (Å²) in [6.07, 6.45) is 8.92. The topological polar surface area (TPSA) is 22.0 Å². The minimum absolute atomic E-state index is 0.00283. The van der Waals surface area contributed by atoms with Gasteiger partial charge in [0.15, 0.2) is 0 Å². The molecule has 1 aromatic heterocycles. The summed E-state index contributed by atoms with van der Waals surface area (Å²) in [6.45, 7) is 0. The standard InChI is InChI=1S/C15H15NO/c17-15(16-12-6-7-13-16)11-5-4-10-14-8-2-1-3-9-14/h1-3,5-9,11-13H,4,10H2/b11-5+. The van der Waals surface area contributed by atoms with E-state index in [4.69, 9.17) is 0 Å². The lowest BCUT2D eigenvalue weighted by atomic mass is 10.1. The van der Waals surface area contributed by atoms with Crippen LogP contribution in [0.5, 0.6) is 0 Å². The van der Waals surface area contributed by atoms with E-state index in [1.807, 2.05) is 36.4 Å². The molecule has 0 saturated carbocycles. The number of allylic oxidation sites excluding steroid dienone is 2. The van der Waals surface area contributed by atoms with Crippen LogP contribution in [0.3, 0.4) is 0 Å². The van der Waals surface area contributed by atoms with Crippen molar-refractivity contribution in [1.29, 1.82) is 0 Å². The van der Waals surface area contributed by atoms with Gasteiger partial charge in [0.2, 0.25) is 0 Å². The van der Waals surface area contributed by atoms with E-state index < -0.39 is 0 Å². The number of hydrogen-bond donors (Lipinski definition) is 0. The Kier molecular flexibility index (Phi) is 3.92. The normalized spacial score (nSPS) is 10.8. The molecule has 2 nitrogen and oxygen atoms in total. The summed E-state index contributed by atoms with van der Waals surface area (Å²) in [5.41, 5.74) is 1.30. The summed E-state index contributed by atoms with van der Waals surface area (Å²) in [6, 6.07) is 14.0. The van der Waals surface area contributed by atoms with Gasteiger partial charge in [-0.2, -0.15) is 0 Å². The van der Waals surface area contributed by atoms with Gasteiger partial charge in [-0.3, -0.25) is 9.36 Å².